The van der Waals surface area contributed by atoms with Gasteiger partial charge in [-0.25, -0.2) is 9.78 Å². The zero-order chi connectivity index (χ0) is 25.8. The summed E-state index contributed by atoms with van der Waals surface area (Å²) < 4.78 is 13.4. The third-order valence-corrected chi connectivity index (χ3v) is 6.74. The van der Waals surface area contributed by atoms with Gasteiger partial charge in [0.15, 0.2) is 0 Å². The number of allylic oxidation sites excluding steroid dienone is 1. The van der Waals surface area contributed by atoms with Crippen LogP contribution in [0.1, 0.15) is 82.3 Å². The van der Waals surface area contributed by atoms with E-state index in [0.29, 0.717) is 54.9 Å². The fourth-order valence-electron chi connectivity index (χ4n) is 4.69. The van der Waals surface area contributed by atoms with Crippen LogP contribution in [0, 0.1) is 5.41 Å². The van der Waals surface area contributed by atoms with Gasteiger partial charge in [0.05, 0.1) is 18.4 Å². The number of carbonyl (C=O) groups excluding carboxylic acids is 2. The van der Waals surface area contributed by atoms with Gasteiger partial charge in [0.1, 0.15) is 17.1 Å². The van der Waals surface area contributed by atoms with E-state index in [1.807, 2.05) is 27.7 Å². The molecule has 0 aromatic carbocycles. The number of ether oxygens (including phenoxy) is 2. The lowest BCUT2D eigenvalue weighted by Gasteiger charge is -2.45. The van der Waals surface area contributed by atoms with E-state index in [-0.39, 0.29) is 23.5 Å². The van der Waals surface area contributed by atoms with Crippen LogP contribution >= 0.6 is 11.6 Å². The molecule has 3 rings (SSSR count). The molecule has 1 atom stereocenters. The van der Waals surface area contributed by atoms with Crippen LogP contribution in [-0.4, -0.2) is 64.4 Å². The lowest BCUT2D eigenvalue weighted by atomic mass is 9.73. The minimum absolute atomic E-state index is 0.0425. The third-order valence-electron chi connectivity index (χ3n) is 6.64. The Labute approximate surface area is 213 Å². The van der Waals surface area contributed by atoms with Gasteiger partial charge in [0, 0.05) is 30.9 Å². The van der Waals surface area contributed by atoms with Crippen molar-refractivity contribution in [3.05, 3.63) is 28.8 Å². The number of likely N-dealkylation sites (tertiary alicyclic amines) is 1. The Bertz CT molecular complexity index is 957. The molecule has 0 radical (unpaired) electrons. The summed E-state index contributed by atoms with van der Waals surface area (Å²) in [5, 5.41) is 3.57. The number of amides is 2. The van der Waals surface area contributed by atoms with Gasteiger partial charge in [-0.15, -0.1) is 0 Å². The first-order chi connectivity index (χ1) is 16.5. The number of rotatable bonds is 6. The van der Waals surface area contributed by atoms with Gasteiger partial charge < -0.3 is 19.7 Å². The smallest absolute Gasteiger partial charge is 0.410 e. The summed E-state index contributed by atoms with van der Waals surface area (Å²) in [7, 11) is 0. The maximum absolute atomic E-state index is 13.1. The predicted octanol–water partition coefficient (Wildman–Crippen LogP) is 5.07. The summed E-state index contributed by atoms with van der Waals surface area (Å²) in [4.78, 5) is 31.8. The van der Waals surface area contributed by atoms with Crippen molar-refractivity contribution in [2.45, 2.75) is 78.4 Å². The molecule has 2 aliphatic heterocycles. The Morgan fingerprint density at radius 3 is 2.51 bits per heavy atom. The number of halogens is 1. The van der Waals surface area contributed by atoms with Gasteiger partial charge in [-0.05, 0) is 71.3 Å². The zero-order valence-corrected chi connectivity index (χ0v) is 22.4. The molecule has 2 saturated heterocycles. The first-order valence-electron chi connectivity index (χ1n) is 12.4. The fourth-order valence-corrected chi connectivity index (χ4v) is 4.79. The van der Waals surface area contributed by atoms with Gasteiger partial charge in [-0.1, -0.05) is 25.1 Å². The van der Waals surface area contributed by atoms with Gasteiger partial charge in [-0.2, -0.15) is 0 Å². The Morgan fingerprint density at radius 2 is 2.00 bits per heavy atom. The predicted molar refractivity (Wildman–Crippen MR) is 138 cm³/mol. The fraction of sp³-hybridized carbons (Fsp3) is 0.654. The lowest BCUT2D eigenvalue weighted by Crippen LogP contribution is -2.49. The molecule has 1 N–H and O–H groups in total. The maximum atomic E-state index is 13.1. The Hall–Kier alpha value is -2.32. The highest BCUT2D eigenvalue weighted by Gasteiger charge is 2.40. The minimum Gasteiger partial charge on any atom is -0.444 e. The van der Waals surface area contributed by atoms with E-state index in [0.717, 1.165) is 25.7 Å². The molecule has 2 aliphatic rings. The number of nitrogens with zero attached hydrogens (tertiary/aromatic N) is 3. The van der Waals surface area contributed by atoms with Gasteiger partial charge >= 0.3 is 6.09 Å². The van der Waals surface area contributed by atoms with Crippen molar-refractivity contribution in [1.82, 2.24) is 19.8 Å². The third kappa shape index (κ3) is 6.88. The van der Waals surface area contributed by atoms with Crippen molar-refractivity contribution in [2.24, 2.45) is 5.41 Å². The summed E-state index contributed by atoms with van der Waals surface area (Å²) in [5.41, 5.74) is 0.782. The van der Waals surface area contributed by atoms with Crippen LogP contribution in [0.4, 0.5) is 4.79 Å². The van der Waals surface area contributed by atoms with E-state index >= 15 is 0 Å². The molecule has 1 aromatic heterocycles. The van der Waals surface area contributed by atoms with Crippen molar-refractivity contribution in [3.63, 3.8) is 0 Å². The molecule has 2 amide bonds. The molecule has 1 unspecified atom stereocenters. The van der Waals surface area contributed by atoms with E-state index in [1.54, 1.807) is 28.7 Å². The molecule has 1 aromatic rings. The first kappa shape index (κ1) is 27.3. The molecule has 35 heavy (non-hydrogen) atoms. The molecular formula is C26H39ClN4O4. The summed E-state index contributed by atoms with van der Waals surface area (Å²) >= 11 is 6.09. The van der Waals surface area contributed by atoms with E-state index in [4.69, 9.17) is 21.1 Å². The average molecular weight is 507 g/mol. The number of hydrogen-bond donors (Lipinski definition) is 1. The van der Waals surface area contributed by atoms with Gasteiger partial charge in [0.25, 0.3) is 5.91 Å². The van der Waals surface area contributed by atoms with Crippen LogP contribution in [0.25, 0.3) is 12.3 Å². The molecule has 1 spiro atoms. The van der Waals surface area contributed by atoms with Crippen molar-refractivity contribution in [1.29, 1.82) is 0 Å². The minimum atomic E-state index is -0.486. The second-order valence-electron chi connectivity index (χ2n) is 10.6. The number of piperidine rings is 1. The molecule has 2 fully saturated rings. The highest BCUT2D eigenvalue weighted by molar-refractivity contribution is 6.30. The Morgan fingerprint density at radius 1 is 1.31 bits per heavy atom. The van der Waals surface area contributed by atoms with Crippen LogP contribution < -0.4 is 5.32 Å². The van der Waals surface area contributed by atoms with Crippen LogP contribution in [0.15, 0.2) is 11.6 Å². The highest BCUT2D eigenvalue weighted by Crippen LogP contribution is 2.40. The number of hydrogen-bond acceptors (Lipinski definition) is 5. The zero-order valence-electron chi connectivity index (χ0n) is 21.7. The molecule has 3 heterocycles. The number of imidazole rings is 1. The normalized spacial score (nSPS) is 20.6. The van der Waals surface area contributed by atoms with E-state index < -0.39 is 5.60 Å². The molecule has 0 saturated carbocycles. The summed E-state index contributed by atoms with van der Waals surface area (Å²) in [6, 6.07) is 0. The Balaban J connectivity index is 1.53. The van der Waals surface area contributed by atoms with E-state index in [9.17, 15) is 9.59 Å². The molecule has 0 bridgehead atoms. The van der Waals surface area contributed by atoms with Gasteiger partial charge in [-0.3, -0.25) is 9.36 Å². The topological polar surface area (TPSA) is 85.7 Å². The van der Waals surface area contributed by atoms with Crippen LogP contribution in [0.2, 0.25) is 0 Å². The molecule has 194 valence electrons. The van der Waals surface area contributed by atoms with Crippen LogP contribution in [-0.2, 0) is 15.9 Å². The van der Waals surface area contributed by atoms with E-state index in [2.05, 4.69) is 16.9 Å². The van der Waals surface area contributed by atoms with Crippen LogP contribution in [0.3, 0.4) is 0 Å². The molecular weight excluding hydrogens is 468 g/mol. The average Bonchev–Trinajstić information content (AvgIpc) is 3.14. The quantitative estimate of drug-likeness (QED) is 0.582. The summed E-state index contributed by atoms with van der Waals surface area (Å²) in [6.45, 7) is 15.6. The van der Waals surface area contributed by atoms with Crippen LogP contribution in [0.5, 0.6) is 0 Å². The van der Waals surface area contributed by atoms with Crippen molar-refractivity contribution >= 4 is 35.9 Å². The maximum Gasteiger partial charge on any atom is 0.410 e. The number of carbonyl (C=O) groups is 2. The second kappa shape index (κ2) is 11.2. The number of aromatic nitrogens is 2. The molecule has 0 aliphatic carbocycles. The molecule has 9 heteroatoms. The van der Waals surface area contributed by atoms with Crippen molar-refractivity contribution in [2.75, 3.05) is 26.2 Å². The monoisotopic (exact) mass is 506 g/mol. The highest BCUT2D eigenvalue weighted by atomic mass is 35.5. The second-order valence-corrected chi connectivity index (χ2v) is 11.2. The van der Waals surface area contributed by atoms with E-state index in [1.165, 1.54) is 0 Å². The van der Waals surface area contributed by atoms with Gasteiger partial charge in [0.2, 0.25) is 0 Å². The SMILES string of the molecule is C=Cc1nc(CC)c(C(=O)NCC2CCC3(CCN(C(=O)OC(C)(C)C)CC3)CO2)n1/C=C(\C)Cl. The molecule has 8 nitrogen and oxygen atoms in total. The summed E-state index contributed by atoms with van der Waals surface area (Å²) in [6.07, 6.45) is 7.32. The number of aryl methyl sites for hydroxylation is 1. The summed E-state index contributed by atoms with van der Waals surface area (Å²) in [5.74, 6) is 0.381. The lowest BCUT2D eigenvalue weighted by molar-refractivity contribution is -0.0843. The standard InChI is InChI=1S/C26H39ClN4O4/c1-7-20-22(31(16-18(3)27)21(8-2)29-20)23(32)28-15-19-9-10-26(17-34-19)11-13-30(14-12-26)24(33)35-25(4,5)6/h8,16,19H,2,7,9-15,17H2,1,3-6H3,(H,28,32)/b18-16+. The first-order valence-corrected chi connectivity index (χ1v) is 12.8. The number of nitrogens with one attached hydrogen (secondary N) is 1. The largest absolute Gasteiger partial charge is 0.444 e. The van der Waals surface area contributed by atoms with Crippen molar-refractivity contribution in [3.8, 4) is 0 Å². The Kier molecular flexibility index (Phi) is 8.70. The van der Waals surface area contributed by atoms with Crippen molar-refractivity contribution < 1.29 is 19.1 Å².